The average Bonchev–Trinajstić information content (AvgIpc) is 2.59. The van der Waals surface area contributed by atoms with Crippen LogP contribution in [0.15, 0.2) is 11.4 Å². The maximum Gasteiger partial charge on any atom is 0.254 e. The van der Waals surface area contributed by atoms with Crippen molar-refractivity contribution in [3.63, 3.8) is 0 Å². The number of anilines is 1. The fraction of sp³-hybridized carbons (Fsp3) is 0.429. The molecule has 1 atom stereocenters. The Kier molecular flexibility index (Phi) is 2.10. The number of aromatic nitrogens is 3. The molecule has 0 bridgehead atoms. The molecule has 2 heterocycles. The van der Waals surface area contributed by atoms with E-state index in [1.54, 1.807) is 14.0 Å². The minimum Gasteiger partial charge on any atom is -0.281 e. The van der Waals surface area contributed by atoms with Crippen LogP contribution < -0.4 is 4.90 Å². The van der Waals surface area contributed by atoms with Crippen LogP contribution in [-0.4, -0.2) is 38.4 Å². The molecule has 0 fully saturated rings. The molecule has 1 amide bonds. The van der Waals surface area contributed by atoms with E-state index in [1.807, 2.05) is 0 Å². The van der Waals surface area contributed by atoms with E-state index in [9.17, 15) is 4.79 Å². The molecular weight excluding hydrogens is 250 g/mol. The van der Waals surface area contributed by atoms with Crippen molar-refractivity contribution in [1.29, 1.82) is 0 Å². The van der Waals surface area contributed by atoms with E-state index in [4.69, 9.17) is 0 Å². The Bertz CT molecular complexity index is 412. The third-order valence-electron chi connectivity index (χ3n) is 1.99. The number of alkyl halides is 1. The van der Waals surface area contributed by atoms with E-state index in [-0.39, 0.29) is 5.91 Å². The van der Waals surface area contributed by atoms with E-state index in [0.717, 1.165) is 0 Å². The van der Waals surface area contributed by atoms with Gasteiger partial charge in [-0.15, -0.1) is 10.2 Å². The molecule has 2 rings (SSSR count). The molecule has 14 heavy (non-hydrogen) atoms. The van der Waals surface area contributed by atoms with Crippen LogP contribution in [0.25, 0.3) is 0 Å². The molecule has 74 valence electrons. The largest absolute Gasteiger partial charge is 0.281 e. The van der Waals surface area contributed by atoms with Gasteiger partial charge in [-0.05, 0) is 6.92 Å². The van der Waals surface area contributed by atoms with Gasteiger partial charge in [0.2, 0.25) is 5.91 Å². The van der Waals surface area contributed by atoms with Crippen LogP contribution in [0.2, 0.25) is 0 Å². The van der Waals surface area contributed by atoms with Crippen LogP contribution in [0.5, 0.6) is 0 Å². The first kappa shape index (κ1) is 9.32. The molecule has 6 nitrogen and oxygen atoms in total. The summed E-state index contributed by atoms with van der Waals surface area (Å²) in [7, 11) is 1.64. The van der Waals surface area contributed by atoms with Crippen molar-refractivity contribution >= 4 is 33.5 Å². The van der Waals surface area contributed by atoms with Crippen LogP contribution in [0, 0.1) is 0 Å². The Balaban J connectivity index is 2.57. The monoisotopic (exact) mass is 257 g/mol. The molecule has 1 aromatic rings. The van der Waals surface area contributed by atoms with Gasteiger partial charge in [0.1, 0.15) is 11.2 Å². The minimum absolute atomic E-state index is 0.0991. The molecule has 1 unspecified atom stereocenters. The molecule has 0 radical (unpaired) electrons. The van der Waals surface area contributed by atoms with Gasteiger partial charge in [0, 0.05) is 7.05 Å². The normalized spacial score (nSPS) is 21.6. The number of carbonyl (C=O) groups excluding carboxylic acids is 1. The second-order valence-corrected chi connectivity index (χ2v) is 3.89. The highest BCUT2D eigenvalue weighted by molar-refractivity contribution is 9.10. The van der Waals surface area contributed by atoms with Gasteiger partial charge in [-0.3, -0.25) is 9.69 Å². The highest BCUT2D eigenvalue weighted by Gasteiger charge is 2.28. The van der Waals surface area contributed by atoms with Crippen LogP contribution in [-0.2, 0) is 4.79 Å². The van der Waals surface area contributed by atoms with Crippen molar-refractivity contribution in [1.82, 2.24) is 14.9 Å². The van der Waals surface area contributed by atoms with Gasteiger partial charge < -0.3 is 0 Å². The number of fused-ring (bicyclic) bond motifs is 1. The number of carbonyl (C=O) groups is 1. The fourth-order valence-electron chi connectivity index (χ4n) is 1.18. The SMILES string of the molecule is CC1=Nn2cnnc2N(C)C(=O)C1Br. The Morgan fingerprint density at radius 1 is 1.57 bits per heavy atom. The molecule has 0 saturated carbocycles. The van der Waals surface area contributed by atoms with Crippen molar-refractivity contribution in [2.24, 2.45) is 5.10 Å². The molecule has 0 N–H and O–H groups in total. The van der Waals surface area contributed by atoms with E-state index in [1.165, 1.54) is 15.9 Å². The Morgan fingerprint density at radius 2 is 2.29 bits per heavy atom. The third-order valence-corrected chi connectivity index (χ3v) is 3.05. The predicted molar refractivity (Wildman–Crippen MR) is 54.7 cm³/mol. The first-order valence-electron chi connectivity index (χ1n) is 3.98. The predicted octanol–water partition coefficient (Wildman–Crippen LogP) is 0.242. The summed E-state index contributed by atoms with van der Waals surface area (Å²) in [5, 5.41) is 11.7. The lowest BCUT2D eigenvalue weighted by atomic mass is 10.3. The molecule has 1 aromatic heterocycles. The average molecular weight is 258 g/mol. The van der Waals surface area contributed by atoms with E-state index < -0.39 is 4.83 Å². The maximum absolute atomic E-state index is 11.7. The zero-order valence-electron chi connectivity index (χ0n) is 7.68. The van der Waals surface area contributed by atoms with E-state index in [2.05, 4.69) is 31.2 Å². The second-order valence-electron chi connectivity index (χ2n) is 2.98. The lowest BCUT2D eigenvalue weighted by molar-refractivity contribution is -0.116. The zero-order valence-corrected chi connectivity index (χ0v) is 9.26. The molecule has 0 aliphatic carbocycles. The summed E-state index contributed by atoms with van der Waals surface area (Å²) in [6, 6.07) is 0. The number of amides is 1. The standard InChI is InChI=1S/C7H8BrN5O/c1-4-5(8)6(14)12(2)7-10-9-3-13(7)11-4/h3,5H,1-2H3. The number of rotatable bonds is 0. The Hall–Kier alpha value is -1.24. The van der Waals surface area contributed by atoms with Crippen molar-refractivity contribution in [2.45, 2.75) is 11.8 Å². The lowest BCUT2D eigenvalue weighted by Crippen LogP contribution is -2.35. The molecule has 7 heteroatoms. The van der Waals surface area contributed by atoms with Gasteiger partial charge in [0.25, 0.3) is 5.95 Å². The summed E-state index contributed by atoms with van der Waals surface area (Å²) in [6.45, 7) is 1.78. The highest BCUT2D eigenvalue weighted by atomic mass is 79.9. The molecule has 0 aromatic carbocycles. The fourth-order valence-corrected chi connectivity index (χ4v) is 1.58. The van der Waals surface area contributed by atoms with Gasteiger partial charge in [-0.1, -0.05) is 15.9 Å². The maximum atomic E-state index is 11.7. The van der Waals surface area contributed by atoms with E-state index in [0.29, 0.717) is 11.7 Å². The van der Waals surface area contributed by atoms with Crippen molar-refractivity contribution < 1.29 is 4.79 Å². The van der Waals surface area contributed by atoms with Crippen LogP contribution in [0.3, 0.4) is 0 Å². The zero-order chi connectivity index (χ0) is 10.3. The molecule has 0 saturated heterocycles. The molecule has 1 aliphatic rings. The van der Waals surface area contributed by atoms with Crippen LogP contribution >= 0.6 is 15.9 Å². The number of hydrogen-bond donors (Lipinski definition) is 0. The molecule has 0 spiro atoms. The van der Waals surface area contributed by atoms with Gasteiger partial charge in [0.15, 0.2) is 0 Å². The van der Waals surface area contributed by atoms with Crippen molar-refractivity contribution in [2.75, 3.05) is 11.9 Å². The smallest absolute Gasteiger partial charge is 0.254 e. The summed E-state index contributed by atoms with van der Waals surface area (Å²) in [5.74, 6) is 0.328. The Labute approximate surface area is 88.7 Å². The van der Waals surface area contributed by atoms with Gasteiger partial charge in [-0.2, -0.15) is 9.78 Å². The summed E-state index contributed by atoms with van der Waals surface area (Å²) in [6.07, 6.45) is 1.47. The van der Waals surface area contributed by atoms with Gasteiger partial charge in [0.05, 0.1) is 5.71 Å². The highest BCUT2D eigenvalue weighted by Crippen LogP contribution is 2.17. The molecule has 1 aliphatic heterocycles. The first-order chi connectivity index (χ1) is 6.61. The summed E-state index contributed by atoms with van der Waals surface area (Å²) in [5.41, 5.74) is 0.681. The van der Waals surface area contributed by atoms with Crippen LogP contribution in [0.4, 0.5) is 5.95 Å². The quantitative estimate of drug-likeness (QED) is 0.626. The second kappa shape index (κ2) is 3.16. The number of hydrogen-bond acceptors (Lipinski definition) is 4. The first-order valence-corrected chi connectivity index (χ1v) is 4.90. The third kappa shape index (κ3) is 1.24. The van der Waals surface area contributed by atoms with Crippen molar-refractivity contribution in [3.8, 4) is 0 Å². The minimum atomic E-state index is -0.394. The summed E-state index contributed by atoms with van der Waals surface area (Å²) in [4.78, 5) is 12.8. The molecular formula is C7H8BrN5O. The Morgan fingerprint density at radius 3 is 3.00 bits per heavy atom. The number of halogens is 1. The van der Waals surface area contributed by atoms with Gasteiger partial charge in [-0.25, -0.2) is 0 Å². The van der Waals surface area contributed by atoms with Gasteiger partial charge >= 0.3 is 0 Å². The van der Waals surface area contributed by atoms with Crippen molar-refractivity contribution in [3.05, 3.63) is 6.33 Å². The summed E-state index contributed by atoms with van der Waals surface area (Å²) < 4.78 is 1.48. The van der Waals surface area contributed by atoms with Crippen LogP contribution in [0.1, 0.15) is 6.92 Å². The number of nitrogens with zero attached hydrogens (tertiary/aromatic N) is 5. The van der Waals surface area contributed by atoms with E-state index >= 15 is 0 Å². The lowest BCUT2D eigenvalue weighted by Gasteiger charge is -2.13. The summed E-state index contributed by atoms with van der Waals surface area (Å²) >= 11 is 3.27. The topological polar surface area (TPSA) is 63.4 Å².